The maximum Gasteiger partial charge on any atom is 0.319 e. The van der Waals surface area contributed by atoms with E-state index in [1.54, 1.807) is 16.9 Å². The van der Waals surface area contributed by atoms with Crippen LogP contribution in [0.25, 0.3) is 0 Å². The highest BCUT2D eigenvalue weighted by Crippen LogP contribution is 2.41. The summed E-state index contributed by atoms with van der Waals surface area (Å²) >= 11 is 7.38. The standard InChI is InChI=1S/C16H18ClN5O2S/c1-21-12(4-6-18-21)14-11(8-13(23)22(14)9-2-3-9)20-16(24)19-10-5-7-25-15(10)17/h4-7,9,11,14H,2-3,8H2,1H3,(H2,19,20,24)/t11-,14-/m1/s1. The first-order chi connectivity index (χ1) is 12.0. The number of aromatic nitrogens is 2. The fourth-order valence-electron chi connectivity index (χ4n) is 3.40. The quantitative estimate of drug-likeness (QED) is 0.857. The van der Waals surface area contributed by atoms with Gasteiger partial charge in [-0.3, -0.25) is 9.48 Å². The molecule has 3 amide bonds. The van der Waals surface area contributed by atoms with Gasteiger partial charge in [-0.25, -0.2) is 4.79 Å². The largest absolute Gasteiger partial charge is 0.332 e. The molecule has 0 aromatic carbocycles. The highest BCUT2D eigenvalue weighted by atomic mass is 35.5. The average Bonchev–Trinajstić information content (AvgIpc) is 3.07. The predicted octanol–water partition coefficient (Wildman–Crippen LogP) is 2.76. The van der Waals surface area contributed by atoms with Crippen molar-refractivity contribution in [2.24, 2.45) is 7.05 Å². The Labute approximate surface area is 153 Å². The van der Waals surface area contributed by atoms with E-state index >= 15 is 0 Å². The summed E-state index contributed by atoms with van der Waals surface area (Å²) in [4.78, 5) is 26.8. The van der Waals surface area contributed by atoms with Crippen LogP contribution in [0.4, 0.5) is 10.5 Å². The zero-order valence-electron chi connectivity index (χ0n) is 13.6. The van der Waals surface area contributed by atoms with Crippen molar-refractivity contribution in [2.45, 2.75) is 37.4 Å². The molecule has 3 heterocycles. The fraction of sp³-hybridized carbons (Fsp3) is 0.438. The highest BCUT2D eigenvalue weighted by Gasteiger charge is 2.48. The number of halogens is 1. The van der Waals surface area contributed by atoms with Gasteiger partial charge in [-0.15, -0.1) is 11.3 Å². The molecule has 7 nitrogen and oxygen atoms in total. The van der Waals surface area contributed by atoms with Crippen LogP contribution in [0.5, 0.6) is 0 Å². The summed E-state index contributed by atoms with van der Waals surface area (Å²) < 4.78 is 2.29. The van der Waals surface area contributed by atoms with Gasteiger partial charge in [0, 0.05) is 25.7 Å². The van der Waals surface area contributed by atoms with Crippen LogP contribution >= 0.6 is 22.9 Å². The van der Waals surface area contributed by atoms with Crippen molar-refractivity contribution in [3.8, 4) is 0 Å². The summed E-state index contributed by atoms with van der Waals surface area (Å²) in [5.41, 5.74) is 1.50. The molecule has 1 saturated heterocycles. The van der Waals surface area contributed by atoms with Gasteiger partial charge in [0.1, 0.15) is 4.34 Å². The second-order valence-electron chi connectivity index (χ2n) is 6.37. The fourth-order valence-corrected chi connectivity index (χ4v) is 4.23. The molecule has 2 N–H and O–H groups in total. The molecule has 2 aromatic heterocycles. The molecule has 9 heteroatoms. The molecule has 0 unspecified atom stereocenters. The third kappa shape index (κ3) is 3.11. The molecule has 0 spiro atoms. The van der Waals surface area contributed by atoms with E-state index in [0.29, 0.717) is 10.0 Å². The summed E-state index contributed by atoms with van der Waals surface area (Å²) in [5, 5.41) is 11.7. The lowest BCUT2D eigenvalue weighted by Gasteiger charge is -2.28. The van der Waals surface area contributed by atoms with E-state index in [4.69, 9.17) is 11.6 Å². The number of hydrogen-bond donors (Lipinski definition) is 2. The van der Waals surface area contributed by atoms with E-state index in [1.165, 1.54) is 11.3 Å². The Morgan fingerprint density at radius 1 is 1.40 bits per heavy atom. The molecule has 0 radical (unpaired) electrons. The highest BCUT2D eigenvalue weighted by molar-refractivity contribution is 7.15. The van der Waals surface area contributed by atoms with Crippen LogP contribution in [-0.2, 0) is 11.8 Å². The van der Waals surface area contributed by atoms with Gasteiger partial charge in [0.25, 0.3) is 0 Å². The molecule has 2 aromatic rings. The van der Waals surface area contributed by atoms with Crippen LogP contribution in [0.3, 0.4) is 0 Å². The Morgan fingerprint density at radius 2 is 2.20 bits per heavy atom. The number of nitrogens with one attached hydrogen (secondary N) is 2. The molecule has 2 atom stereocenters. The summed E-state index contributed by atoms with van der Waals surface area (Å²) in [6, 6.07) is 3.07. The maximum absolute atomic E-state index is 12.5. The van der Waals surface area contributed by atoms with E-state index in [0.717, 1.165) is 18.5 Å². The number of thiophene rings is 1. The first-order valence-corrected chi connectivity index (χ1v) is 9.40. The molecule has 1 aliphatic heterocycles. The number of nitrogens with zero attached hydrogens (tertiary/aromatic N) is 3. The molecule has 1 aliphatic carbocycles. The third-order valence-electron chi connectivity index (χ3n) is 4.65. The van der Waals surface area contributed by atoms with E-state index in [-0.39, 0.29) is 36.5 Å². The zero-order valence-corrected chi connectivity index (χ0v) is 15.2. The van der Waals surface area contributed by atoms with Gasteiger partial charge in [-0.05, 0) is 30.4 Å². The van der Waals surface area contributed by atoms with Gasteiger partial charge in [0.2, 0.25) is 5.91 Å². The summed E-state index contributed by atoms with van der Waals surface area (Å²) in [6.07, 6.45) is 4.04. The molecule has 0 bridgehead atoms. The lowest BCUT2D eigenvalue weighted by molar-refractivity contribution is -0.129. The first-order valence-electron chi connectivity index (χ1n) is 8.14. The SMILES string of the molecule is Cn1nccc1[C@H]1[C@H](NC(=O)Nc2ccsc2Cl)CC(=O)N1C1CC1. The summed E-state index contributed by atoms with van der Waals surface area (Å²) in [6.45, 7) is 0. The van der Waals surface area contributed by atoms with Crippen molar-refractivity contribution in [3.05, 3.63) is 33.7 Å². The van der Waals surface area contributed by atoms with Gasteiger partial charge < -0.3 is 15.5 Å². The van der Waals surface area contributed by atoms with Crippen LogP contribution < -0.4 is 10.6 Å². The van der Waals surface area contributed by atoms with Gasteiger partial charge in [-0.1, -0.05) is 11.6 Å². The Bertz CT molecular complexity index is 815. The smallest absolute Gasteiger partial charge is 0.319 e. The van der Waals surface area contributed by atoms with Crippen molar-refractivity contribution in [1.29, 1.82) is 0 Å². The Morgan fingerprint density at radius 3 is 2.80 bits per heavy atom. The van der Waals surface area contributed by atoms with Gasteiger partial charge in [-0.2, -0.15) is 5.10 Å². The zero-order chi connectivity index (χ0) is 17.6. The summed E-state index contributed by atoms with van der Waals surface area (Å²) in [5.74, 6) is 0.0764. The second-order valence-corrected chi connectivity index (χ2v) is 7.89. The van der Waals surface area contributed by atoms with Crippen molar-refractivity contribution >= 4 is 40.6 Å². The molecule has 4 rings (SSSR count). The van der Waals surface area contributed by atoms with Gasteiger partial charge in [0.05, 0.1) is 23.5 Å². The number of hydrogen-bond acceptors (Lipinski definition) is 4. The number of aryl methyl sites for hydroxylation is 1. The molecule has 25 heavy (non-hydrogen) atoms. The van der Waals surface area contributed by atoms with Crippen molar-refractivity contribution in [2.75, 3.05) is 5.32 Å². The number of rotatable bonds is 4. The number of likely N-dealkylation sites (tertiary alicyclic amines) is 1. The third-order valence-corrected chi connectivity index (χ3v) is 5.82. The van der Waals surface area contributed by atoms with Crippen molar-refractivity contribution in [1.82, 2.24) is 20.0 Å². The normalized spacial score (nSPS) is 23.1. The number of amides is 3. The number of urea groups is 1. The van der Waals surface area contributed by atoms with E-state index in [9.17, 15) is 9.59 Å². The summed E-state index contributed by atoms with van der Waals surface area (Å²) in [7, 11) is 1.85. The lowest BCUT2D eigenvalue weighted by Crippen LogP contribution is -2.43. The number of carbonyl (C=O) groups is 2. The Hall–Kier alpha value is -2.06. The Kier molecular flexibility index (Phi) is 4.16. The van der Waals surface area contributed by atoms with Gasteiger partial charge in [0.15, 0.2) is 0 Å². The minimum Gasteiger partial charge on any atom is -0.332 e. The topological polar surface area (TPSA) is 79.3 Å². The van der Waals surface area contributed by atoms with Crippen molar-refractivity contribution in [3.63, 3.8) is 0 Å². The van der Waals surface area contributed by atoms with Crippen molar-refractivity contribution < 1.29 is 9.59 Å². The second kappa shape index (κ2) is 6.34. The van der Waals surface area contributed by atoms with Crippen LogP contribution in [0.2, 0.25) is 4.34 Å². The van der Waals surface area contributed by atoms with E-state index < -0.39 is 0 Å². The first kappa shape index (κ1) is 16.4. The monoisotopic (exact) mass is 379 g/mol. The number of carbonyl (C=O) groups excluding carboxylic acids is 2. The molecule has 132 valence electrons. The Balaban J connectivity index is 1.55. The van der Waals surface area contributed by atoms with E-state index in [1.807, 2.05) is 23.4 Å². The predicted molar refractivity (Wildman–Crippen MR) is 95.7 cm³/mol. The van der Waals surface area contributed by atoms with E-state index in [2.05, 4.69) is 15.7 Å². The maximum atomic E-state index is 12.5. The van der Waals surface area contributed by atoms with Crippen LogP contribution in [0.1, 0.15) is 31.0 Å². The molecule has 1 saturated carbocycles. The molecular weight excluding hydrogens is 362 g/mol. The molecular formula is C16H18ClN5O2S. The molecule has 2 aliphatic rings. The minimum absolute atomic E-state index is 0.0764. The van der Waals surface area contributed by atoms with Crippen LogP contribution in [0.15, 0.2) is 23.7 Å². The van der Waals surface area contributed by atoms with Crippen LogP contribution in [0, 0.1) is 0 Å². The minimum atomic E-state index is -0.358. The number of anilines is 1. The average molecular weight is 380 g/mol. The van der Waals surface area contributed by atoms with Gasteiger partial charge >= 0.3 is 6.03 Å². The molecule has 2 fully saturated rings. The van der Waals surface area contributed by atoms with Crippen LogP contribution in [-0.4, -0.2) is 38.7 Å². The lowest BCUT2D eigenvalue weighted by atomic mass is 10.1.